The SMILES string of the molecule is O=C(CCCOc1ccccc1)Nc1ccc(S(=O)(=O)Nc2ccccc2Cl)cc1. The maximum atomic E-state index is 12.5. The zero-order chi connectivity index (χ0) is 21.4. The third-order valence-electron chi connectivity index (χ3n) is 4.13. The van der Waals surface area contributed by atoms with Crippen molar-refractivity contribution in [3.05, 3.63) is 83.9 Å². The summed E-state index contributed by atoms with van der Waals surface area (Å²) in [5, 5.41) is 3.05. The Morgan fingerprint density at radius 3 is 2.27 bits per heavy atom. The normalized spacial score (nSPS) is 11.0. The summed E-state index contributed by atoms with van der Waals surface area (Å²) in [6.45, 7) is 0.433. The van der Waals surface area contributed by atoms with Crippen molar-refractivity contribution in [2.75, 3.05) is 16.6 Å². The summed E-state index contributed by atoms with van der Waals surface area (Å²) in [4.78, 5) is 12.1. The molecule has 1 amide bonds. The quantitative estimate of drug-likeness (QED) is 0.458. The number of carbonyl (C=O) groups excluding carboxylic acids is 1. The largest absolute Gasteiger partial charge is 0.494 e. The third-order valence-corrected chi connectivity index (χ3v) is 5.84. The van der Waals surface area contributed by atoms with Crippen LogP contribution >= 0.6 is 11.6 Å². The van der Waals surface area contributed by atoms with Crippen LogP contribution in [0, 0.1) is 0 Å². The molecule has 0 unspecified atom stereocenters. The molecule has 30 heavy (non-hydrogen) atoms. The highest BCUT2D eigenvalue weighted by Crippen LogP contribution is 2.24. The second kappa shape index (κ2) is 10.1. The minimum atomic E-state index is -3.79. The smallest absolute Gasteiger partial charge is 0.261 e. The number of carbonyl (C=O) groups is 1. The second-order valence-electron chi connectivity index (χ2n) is 6.42. The summed E-state index contributed by atoms with van der Waals surface area (Å²) in [5.74, 6) is 0.594. The van der Waals surface area contributed by atoms with Crippen LogP contribution in [0.25, 0.3) is 0 Å². The fourth-order valence-corrected chi connectivity index (χ4v) is 3.95. The van der Waals surface area contributed by atoms with Crippen molar-refractivity contribution in [3.63, 3.8) is 0 Å². The lowest BCUT2D eigenvalue weighted by Gasteiger charge is -2.10. The molecule has 0 bridgehead atoms. The van der Waals surface area contributed by atoms with Crippen LogP contribution in [0.3, 0.4) is 0 Å². The minimum absolute atomic E-state index is 0.0664. The minimum Gasteiger partial charge on any atom is -0.494 e. The van der Waals surface area contributed by atoms with Crippen LogP contribution in [0.15, 0.2) is 83.8 Å². The molecule has 3 aromatic carbocycles. The van der Waals surface area contributed by atoms with E-state index in [9.17, 15) is 13.2 Å². The maximum Gasteiger partial charge on any atom is 0.261 e. The van der Waals surface area contributed by atoms with Gasteiger partial charge < -0.3 is 10.1 Å². The number of rotatable bonds is 9. The van der Waals surface area contributed by atoms with Crippen molar-refractivity contribution in [1.29, 1.82) is 0 Å². The summed E-state index contributed by atoms with van der Waals surface area (Å²) < 4.78 is 33.0. The number of ether oxygens (including phenoxy) is 1. The van der Waals surface area contributed by atoms with Crippen molar-refractivity contribution >= 4 is 38.9 Å². The van der Waals surface area contributed by atoms with Gasteiger partial charge in [0.1, 0.15) is 5.75 Å². The molecule has 0 saturated carbocycles. The van der Waals surface area contributed by atoms with Crippen molar-refractivity contribution in [2.45, 2.75) is 17.7 Å². The van der Waals surface area contributed by atoms with E-state index in [0.717, 1.165) is 5.75 Å². The van der Waals surface area contributed by atoms with E-state index in [-0.39, 0.29) is 10.8 Å². The molecule has 6 nitrogen and oxygen atoms in total. The monoisotopic (exact) mass is 444 g/mol. The summed E-state index contributed by atoms with van der Waals surface area (Å²) in [5.41, 5.74) is 0.815. The average Bonchev–Trinajstić information content (AvgIpc) is 2.74. The molecule has 2 N–H and O–H groups in total. The number of para-hydroxylation sites is 2. The lowest BCUT2D eigenvalue weighted by molar-refractivity contribution is -0.116. The van der Waals surface area contributed by atoms with E-state index in [1.807, 2.05) is 30.3 Å². The van der Waals surface area contributed by atoms with Gasteiger partial charge in [0.05, 0.1) is 22.2 Å². The Kier molecular flexibility index (Phi) is 7.32. The van der Waals surface area contributed by atoms with Gasteiger partial charge in [0.2, 0.25) is 5.91 Å². The van der Waals surface area contributed by atoms with Crippen LogP contribution in [-0.2, 0) is 14.8 Å². The van der Waals surface area contributed by atoms with E-state index < -0.39 is 10.0 Å². The van der Waals surface area contributed by atoms with Gasteiger partial charge in [0.25, 0.3) is 10.0 Å². The highest BCUT2D eigenvalue weighted by Gasteiger charge is 2.15. The van der Waals surface area contributed by atoms with Crippen LogP contribution in [0.4, 0.5) is 11.4 Å². The molecule has 0 radical (unpaired) electrons. The van der Waals surface area contributed by atoms with Gasteiger partial charge in [-0.25, -0.2) is 8.42 Å². The Hall–Kier alpha value is -3.03. The number of anilines is 2. The highest BCUT2D eigenvalue weighted by atomic mass is 35.5. The Balaban J connectivity index is 1.50. The van der Waals surface area contributed by atoms with E-state index in [2.05, 4.69) is 10.0 Å². The van der Waals surface area contributed by atoms with Gasteiger partial charge in [-0.1, -0.05) is 41.9 Å². The fraction of sp³-hybridized carbons (Fsp3) is 0.136. The molecule has 0 atom stereocenters. The fourth-order valence-electron chi connectivity index (χ4n) is 2.63. The van der Waals surface area contributed by atoms with Gasteiger partial charge in [-0.05, 0) is 55.0 Å². The van der Waals surface area contributed by atoms with Gasteiger partial charge in [-0.15, -0.1) is 0 Å². The number of nitrogens with one attached hydrogen (secondary N) is 2. The van der Waals surface area contributed by atoms with Gasteiger partial charge >= 0.3 is 0 Å². The van der Waals surface area contributed by atoms with Gasteiger partial charge in [0, 0.05) is 12.1 Å². The van der Waals surface area contributed by atoms with Crippen molar-refractivity contribution < 1.29 is 17.9 Å². The van der Waals surface area contributed by atoms with E-state index in [1.165, 1.54) is 12.1 Å². The number of amides is 1. The molecule has 0 aliphatic heterocycles. The first-order chi connectivity index (χ1) is 14.4. The lowest BCUT2D eigenvalue weighted by atomic mass is 10.2. The Morgan fingerprint density at radius 1 is 0.900 bits per heavy atom. The Labute approximate surface area is 180 Å². The maximum absolute atomic E-state index is 12.5. The predicted octanol–water partition coefficient (Wildman–Crippen LogP) is 4.94. The Bertz CT molecular complexity index is 1090. The highest BCUT2D eigenvalue weighted by molar-refractivity contribution is 7.92. The Morgan fingerprint density at radius 2 is 1.57 bits per heavy atom. The first kappa shape index (κ1) is 21.7. The van der Waals surface area contributed by atoms with E-state index in [0.29, 0.717) is 35.8 Å². The second-order valence-corrected chi connectivity index (χ2v) is 8.51. The molecular weight excluding hydrogens is 424 g/mol. The number of hydrogen-bond donors (Lipinski definition) is 2. The molecule has 0 heterocycles. The number of hydrogen-bond acceptors (Lipinski definition) is 4. The van der Waals surface area contributed by atoms with Gasteiger partial charge in [-0.3, -0.25) is 9.52 Å². The van der Waals surface area contributed by atoms with Crippen LogP contribution in [0.5, 0.6) is 5.75 Å². The third kappa shape index (κ3) is 6.23. The van der Waals surface area contributed by atoms with E-state index in [4.69, 9.17) is 16.3 Å². The van der Waals surface area contributed by atoms with Gasteiger partial charge in [0.15, 0.2) is 0 Å². The molecule has 0 aromatic heterocycles. The molecule has 3 aromatic rings. The van der Waals surface area contributed by atoms with Crippen molar-refractivity contribution in [1.82, 2.24) is 0 Å². The zero-order valence-electron chi connectivity index (χ0n) is 16.0. The molecule has 0 saturated heterocycles. The number of halogens is 1. The summed E-state index contributed by atoms with van der Waals surface area (Å²) in [7, 11) is -3.79. The van der Waals surface area contributed by atoms with Crippen molar-refractivity contribution in [3.8, 4) is 5.75 Å². The molecule has 0 aliphatic rings. The molecule has 0 aliphatic carbocycles. The van der Waals surface area contributed by atoms with Crippen LogP contribution in [0.2, 0.25) is 5.02 Å². The van der Waals surface area contributed by atoms with Crippen LogP contribution in [0.1, 0.15) is 12.8 Å². The number of benzene rings is 3. The topological polar surface area (TPSA) is 84.5 Å². The van der Waals surface area contributed by atoms with Crippen LogP contribution in [-0.4, -0.2) is 20.9 Å². The standard InChI is InChI=1S/C22H21ClN2O4S/c23-20-9-4-5-10-21(20)25-30(27,28)19-14-12-17(13-15-19)24-22(26)11-6-16-29-18-7-2-1-3-8-18/h1-5,7-10,12-15,25H,6,11,16H2,(H,24,26). The zero-order valence-corrected chi connectivity index (χ0v) is 17.6. The average molecular weight is 445 g/mol. The first-order valence-corrected chi connectivity index (χ1v) is 11.2. The summed E-state index contributed by atoms with van der Waals surface area (Å²) in [6.07, 6.45) is 0.857. The van der Waals surface area contributed by atoms with E-state index >= 15 is 0 Å². The summed E-state index contributed by atoms with van der Waals surface area (Å²) in [6, 6.07) is 21.9. The molecule has 0 spiro atoms. The van der Waals surface area contributed by atoms with Crippen LogP contribution < -0.4 is 14.8 Å². The number of sulfonamides is 1. The first-order valence-electron chi connectivity index (χ1n) is 9.29. The van der Waals surface area contributed by atoms with Crippen molar-refractivity contribution in [2.24, 2.45) is 0 Å². The predicted molar refractivity (Wildman–Crippen MR) is 119 cm³/mol. The molecule has 156 valence electrons. The lowest BCUT2D eigenvalue weighted by Crippen LogP contribution is -2.14. The van der Waals surface area contributed by atoms with E-state index in [1.54, 1.807) is 36.4 Å². The molecule has 0 fully saturated rings. The molecular formula is C22H21ClN2O4S. The molecule has 8 heteroatoms. The molecule has 3 rings (SSSR count). The van der Waals surface area contributed by atoms with Gasteiger partial charge in [-0.2, -0.15) is 0 Å². The summed E-state index contributed by atoms with van der Waals surface area (Å²) >= 11 is 6.00.